The van der Waals surface area contributed by atoms with Crippen molar-refractivity contribution in [2.45, 2.75) is 35.7 Å². The molecule has 1 aliphatic heterocycles. The molecule has 1 saturated heterocycles. The van der Waals surface area contributed by atoms with Gasteiger partial charge in [0.2, 0.25) is 0 Å². The third-order valence-corrected chi connectivity index (χ3v) is 5.60. The molecule has 6 nitrogen and oxygen atoms in total. The van der Waals surface area contributed by atoms with E-state index in [1.807, 2.05) is 0 Å². The van der Waals surface area contributed by atoms with Crippen LogP contribution < -0.4 is 42.5 Å². The van der Waals surface area contributed by atoms with Gasteiger partial charge >= 0.3 is 141 Å². The van der Waals surface area contributed by atoms with Crippen LogP contribution in [0.5, 0.6) is 0 Å². The number of hydrogen-bond donors (Lipinski definition) is 1. The third kappa shape index (κ3) is 9.33. The fraction of sp³-hybridized carbons (Fsp3) is 1.00. The van der Waals surface area contributed by atoms with Gasteiger partial charge in [-0.2, -0.15) is 0 Å². The van der Waals surface area contributed by atoms with Crippen molar-refractivity contribution in [3.8, 4) is 0 Å². The van der Waals surface area contributed by atoms with Crippen molar-refractivity contribution in [1.29, 1.82) is 0 Å². The SMILES string of the molecule is COC1CCN(C)C(OC)CCN(C)[C]([Ti+3])(OC)CCN1.[Cl-].[Cl-].[Cl-]. The van der Waals surface area contributed by atoms with Crippen molar-refractivity contribution in [1.82, 2.24) is 15.1 Å². The maximum atomic E-state index is 5.75. The van der Waals surface area contributed by atoms with Gasteiger partial charge in [-0.15, -0.1) is 0 Å². The molecular formula is C14H30Cl3N3O3Ti. The van der Waals surface area contributed by atoms with E-state index in [-0.39, 0.29) is 53.7 Å². The van der Waals surface area contributed by atoms with Gasteiger partial charge in [-0.1, -0.05) is 0 Å². The monoisotopic (exact) mass is 441 g/mol. The number of rotatable bonds is 3. The van der Waals surface area contributed by atoms with Gasteiger partial charge in [-0.05, 0) is 0 Å². The number of nitrogens with one attached hydrogen (secondary N) is 1. The van der Waals surface area contributed by atoms with Crippen molar-refractivity contribution in [2.24, 2.45) is 0 Å². The molecule has 0 aromatic rings. The molecule has 1 heterocycles. The van der Waals surface area contributed by atoms with Crippen molar-refractivity contribution in [2.75, 3.05) is 55.1 Å². The standard InChI is InChI=1S/C14H30N3O3.3ClH.Ti/c1-16-10-7-12(18-3)15-9-6-13(19-4)17(2)11-8-14(16)20-5;;;;/h12,14-15H,6-11H2,1-5H3;3*1H;/q;;;;+3/p-3. The Morgan fingerprint density at radius 1 is 1.00 bits per heavy atom. The van der Waals surface area contributed by atoms with E-state index in [0.717, 1.165) is 38.9 Å². The second-order valence-corrected chi connectivity index (χ2v) is 6.81. The van der Waals surface area contributed by atoms with Gasteiger partial charge < -0.3 is 37.2 Å². The molecule has 0 aromatic heterocycles. The Hall–Kier alpha value is 1.34. The summed E-state index contributed by atoms with van der Waals surface area (Å²) >= 11 is 2.13. The summed E-state index contributed by atoms with van der Waals surface area (Å²) in [6.07, 6.45) is 2.98. The van der Waals surface area contributed by atoms with Gasteiger partial charge in [0.25, 0.3) is 0 Å². The Bertz CT molecular complexity index is 312. The maximum Gasteiger partial charge on any atom is -1.00 e. The molecule has 0 spiro atoms. The van der Waals surface area contributed by atoms with Gasteiger partial charge in [-0.25, -0.2) is 0 Å². The van der Waals surface area contributed by atoms with Gasteiger partial charge in [0.15, 0.2) is 0 Å². The molecule has 24 heavy (non-hydrogen) atoms. The Balaban J connectivity index is -0.00000147. The molecule has 10 heteroatoms. The normalized spacial score (nSPS) is 30.8. The molecule has 0 aromatic carbocycles. The van der Waals surface area contributed by atoms with Crippen molar-refractivity contribution >= 4 is 0 Å². The zero-order valence-corrected chi connectivity index (χ0v) is 19.0. The average Bonchev–Trinajstić information content (AvgIpc) is 2.49. The first-order valence-electron chi connectivity index (χ1n) is 7.47. The molecule has 0 aliphatic carbocycles. The van der Waals surface area contributed by atoms with E-state index in [1.54, 1.807) is 21.3 Å². The largest absolute Gasteiger partial charge is 1.00 e. The maximum absolute atomic E-state index is 5.75. The summed E-state index contributed by atoms with van der Waals surface area (Å²) in [5, 5.41) is 3.45. The van der Waals surface area contributed by atoms with Crippen LogP contribution in [0.2, 0.25) is 0 Å². The minimum Gasteiger partial charge on any atom is -1.00 e. The van der Waals surface area contributed by atoms with Crippen LogP contribution in [0.4, 0.5) is 0 Å². The van der Waals surface area contributed by atoms with E-state index in [9.17, 15) is 0 Å². The summed E-state index contributed by atoms with van der Waals surface area (Å²) in [5.74, 6) is 0. The second-order valence-electron chi connectivity index (χ2n) is 5.59. The topological polar surface area (TPSA) is 46.2 Å². The van der Waals surface area contributed by atoms with Crippen molar-refractivity contribution in [3.63, 3.8) is 0 Å². The van der Waals surface area contributed by atoms with E-state index >= 15 is 0 Å². The Kier molecular flexibility index (Phi) is 19.3. The smallest absolute Gasteiger partial charge is 1.00 e. The predicted molar refractivity (Wildman–Crippen MR) is 78.4 cm³/mol. The quantitative estimate of drug-likeness (QED) is 0.438. The van der Waals surface area contributed by atoms with E-state index in [0.29, 0.717) is 0 Å². The van der Waals surface area contributed by atoms with Crippen LogP contribution in [0.3, 0.4) is 0 Å². The fourth-order valence-electron chi connectivity index (χ4n) is 2.62. The van der Waals surface area contributed by atoms with E-state index < -0.39 is 0 Å². The first kappa shape index (κ1) is 30.1. The van der Waals surface area contributed by atoms with Crippen LogP contribution in [-0.2, 0) is 34.6 Å². The molecule has 1 rings (SSSR count). The molecule has 0 saturated carbocycles. The van der Waals surface area contributed by atoms with Crippen LogP contribution in [0.1, 0.15) is 19.3 Å². The molecule has 144 valence electrons. The molecular weight excluding hydrogens is 412 g/mol. The number of nitrogens with zero attached hydrogens (tertiary/aromatic N) is 2. The summed E-state index contributed by atoms with van der Waals surface area (Å²) < 4.78 is 16.6. The minimum atomic E-state index is -0.276. The molecule has 0 amide bonds. The molecule has 1 N–H and O–H groups in total. The van der Waals surface area contributed by atoms with E-state index in [2.05, 4.69) is 49.6 Å². The van der Waals surface area contributed by atoms with E-state index in [1.165, 1.54) is 0 Å². The first-order valence-corrected chi connectivity index (χ1v) is 8.25. The summed E-state index contributed by atoms with van der Waals surface area (Å²) in [7, 11) is 9.50. The zero-order valence-electron chi connectivity index (χ0n) is 15.2. The van der Waals surface area contributed by atoms with Gasteiger partial charge in [0.05, 0.1) is 0 Å². The summed E-state index contributed by atoms with van der Waals surface area (Å²) in [5.41, 5.74) is 0. The van der Waals surface area contributed by atoms with Gasteiger partial charge in [0.1, 0.15) is 0 Å². The molecule has 0 radical (unpaired) electrons. The van der Waals surface area contributed by atoms with Gasteiger partial charge in [-0.3, -0.25) is 0 Å². The molecule has 3 atom stereocenters. The van der Waals surface area contributed by atoms with Crippen LogP contribution in [-0.4, -0.2) is 81.3 Å². The first-order chi connectivity index (χ1) is 9.96. The van der Waals surface area contributed by atoms with Crippen LogP contribution in [0, 0.1) is 0 Å². The fourth-order valence-corrected chi connectivity index (χ4v) is 2.99. The summed E-state index contributed by atoms with van der Waals surface area (Å²) in [6.45, 7) is 2.74. The predicted octanol–water partition coefficient (Wildman–Crippen LogP) is -8.57. The van der Waals surface area contributed by atoms with Crippen LogP contribution in [0.25, 0.3) is 0 Å². The molecule has 3 unspecified atom stereocenters. The number of methoxy groups -OCH3 is 3. The van der Waals surface area contributed by atoms with Gasteiger partial charge in [0, 0.05) is 0 Å². The van der Waals surface area contributed by atoms with Crippen LogP contribution >= 0.6 is 0 Å². The Labute approximate surface area is 177 Å². The average molecular weight is 443 g/mol. The molecule has 1 fully saturated rings. The van der Waals surface area contributed by atoms with Crippen molar-refractivity contribution in [3.05, 3.63) is 0 Å². The van der Waals surface area contributed by atoms with E-state index in [4.69, 9.17) is 14.2 Å². The summed E-state index contributed by atoms with van der Waals surface area (Å²) in [4.78, 5) is 4.51. The number of hydrogen-bond acceptors (Lipinski definition) is 6. The molecule has 0 bridgehead atoms. The Morgan fingerprint density at radius 3 is 2.12 bits per heavy atom. The van der Waals surface area contributed by atoms with Crippen molar-refractivity contribution < 1.29 is 71.9 Å². The zero-order chi connectivity index (χ0) is 15.9. The molecule has 1 aliphatic rings. The second kappa shape index (κ2) is 15.4. The van der Waals surface area contributed by atoms with Crippen LogP contribution in [0.15, 0.2) is 0 Å². The Morgan fingerprint density at radius 2 is 1.62 bits per heavy atom. The minimum absolute atomic E-state index is 0. The number of ether oxygens (including phenoxy) is 3. The third-order valence-electron chi connectivity index (χ3n) is 4.29. The number of halogens is 3. The summed E-state index contributed by atoms with van der Waals surface area (Å²) in [6, 6.07) is 0.